The van der Waals surface area contributed by atoms with Crippen LogP contribution in [0, 0.1) is 5.82 Å². The summed E-state index contributed by atoms with van der Waals surface area (Å²) in [7, 11) is 3.94. The van der Waals surface area contributed by atoms with E-state index in [2.05, 4.69) is 5.32 Å². The predicted molar refractivity (Wildman–Crippen MR) is 114 cm³/mol. The number of rotatable bonds is 8. The van der Waals surface area contributed by atoms with Crippen molar-refractivity contribution in [3.8, 4) is 5.75 Å². The lowest BCUT2D eigenvalue weighted by Crippen LogP contribution is -2.28. The number of nitrogens with one attached hydrogen (secondary N) is 1. The fraction of sp³-hybridized carbons (Fsp3) is 0.167. The molecule has 0 radical (unpaired) electrons. The third-order valence-electron chi connectivity index (χ3n) is 4.54. The SMILES string of the molecule is CN(C)c1ccc(CNC(=O)COc2ccc(C(=O)c3ccc(F)cc3)cc2)cc1. The molecule has 0 aliphatic heterocycles. The summed E-state index contributed by atoms with van der Waals surface area (Å²) in [4.78, 5) is 26.4. The van der Waals surface area contributed by atoms with Crippen molar-refractivity contribution >= 4 is 17.4 Å². The number of nitrogens with zero attached hydrogens (tertiary/aromatic N) is 1. The van der Waals surface area contributed by atoms with Gasteiger partial charge in [-0.15, -0.1) is 0 Å². The molecule has 1 amide bonds. The average Bonchev–Trinajstić information content (AvgIpc) is 2.77. The lowest BCUT2D eigenvalue weighted by molar-refractivity contribution is -0.123. The Morgan fingerprint density at radius 3 is 2.00 bits per heavy atom. The van der Waals surface area contributed by atoms with Gasteiger partial charge in [0, 0.05) is 37.5 Å². The van der Waals surface area contributed by atoms with Crippen molar-refractivity contribution in [3.05, 3.63) is 95.3 Å². The monoisotopic (exact) mass is 406 g/mol. The molecule has 0 aliphatic rings. The number of ether oxygens (including phenoxy) is 1. The minimum atomic E-state index is -0.390. The van der Waals surface area contributed by atoms with Crippen molar-refractivity contribution in [2.75, 3.05) is 25.6 Å². The Bertz CT molecular complexity index is 998. The number of anilines is 1. The Labute approximate surface area is 175 Å². The Morgan fingerprint density at radius 2 is 1.43 bits per heavy atom. The van der Waals surface area contributed by atoms with Gasteiger partial charge in [-0.1, -0.05) is 12.1 Å². The van der Waals surface area contributed by atoms with E-state index in [9.17, 15) is 14.0 Å². The van der Waals surface area contributed by atoms with Gasteiger partial charge in [0.15, 0.2) is 12.4 Å². The van der Waals surface area contributed by atoms with Gasteiger partial charge in [0.2, 0.25) is 0 Å². The largest absolute Gasteiger partial charge is 0.484 e. The van der Waals surface area contributed by atoms with Crippen molar-refractivity contribution in [2.45, 2.75) is 6.54 Å². The van der Waals surface area contributed by atoms with Gasteiger partial charge in [-0.3, -0.25) is 9.59 Å². The Hall–Kier alpha value is -3.67. The lowest BCUT2D eigenvalue weighted by Gasteiger charge is -2.13. The van der Waals surface area contributed by atoms with Crippen molar-refractivity contribution in [3.63, 3.8) is 0 Å². The number of hydrogen-bond donors (Lipinski definition) is 1. The third kappa shape index (κ3) is 5.67. The number of benzene rings is 3. The molecule has 5 nitrogen and oxygen atoms in total. The quantitative estimate of drug-likeness (QED) is 0.578. The van der Waals surface area contributed by atoms with E-state index in [1.54, 1.807) is 24.3 Å². The second-order valence-electron chi connectivity index (χ2n) is 6.99. The number of carbonyl (C=O) groups excluding carboxylic acids is 2. The third-order valence-corrected chi connectivity index (χ3v) is 4.54. The second kappa shape index (κ2) is 9.69. The zero-order valence-corrected chi connectivity index (χ0v) is 16.9. The molecule has 3 rings (SSSR count). The van der Waals surface area contributed by atoms with Gasteiger partial charge in [0.05, 0.1) is 0 Å². The molecule has 0 fully saturated rings. The van der Waals surface area contributed by atoms with Crippen LogP contribution in [-0.2, 0) is 11.3 Å². The standard InChI is InChI=1S/C24H23FN2O3/c1-27(2)21-11-3-17(4-12-21)15-26-23(28)16-30-22-13-7-19(8-14-22)24(29)18-5-9-20(25)10-6-18/h3-14H,15-16H2,1-2H3,(H,26,28). The Morgan fingerprint density at radius 1 is 0.867 bits per heavy atom. The number of carbonyl (C=O) groups is 2. The van der Waals surface area contributed by atoms with Crippen LogP contribution in [0.1, 0.15) is 21.5 Å². The van der Waals surface area contributed by atoms with E-state index in [1.807, 2.05) is 43.3 Å². The van der Waals surface area contributed by atoms with Gasteiger partial charge < -0.3 is 15.0 Å². The lowest BCUT2D eigenvalue weighted by atomic mass is 10.0. The molecule has 0 unspecified atom stereocenters. The predicted octanol–water partition coefficient (Wildman–Crippen LogP) is 3.82. The zero-order chi connectivity index (χ0) is 21.5. The van der Waals surface area contributed by atoms with Gasteiger partial charge in [0.1, 0.15) is 11.6 Å². The van der Waals surface area contributed by atoms with Gasteiger partial charge in [-0.05, 0) is 66.2 Å². The fourth-order valence-corrected chi connectivity index (χ4v) is 2.78. The highest BCUT2D eigenvalue weighted by atomic mass is 19.1. The van der Waals surface area contributed by atoms with Crippen LogP contribution in [0.3, 0.4) is 0 Å². The average molecular weight is 406 g/mol. The fourth-order valence-electron chi connectivity index (χ4n) is 2.78. The van der Waals surface area contributed by atoms with Crippen LogP contribution in [0.2, 0.25) is 0 Å². The molecular formula is C24H23FN2O3. The van der Waals surface area contributed by atoms with E-state index in [0.29, 0.717) is 23.4 Å². The summed E-state index contributed by atoms with van der Waals surface area (Å²) in [6.07, 6.45) is 0. The first kappa shape index (κ1) is 21.0. The minimum absolute atomic E-state index is 0.124. The molecule has 0 bridgehead atoms. The first-order valence-electron chi connectivity index (χ1n) is 9.48. The first-order valence-corrected chi connectivity index (χ1v) is 9.48. The molecule has 0 aliphatic carbocycles. The van der Waals surface area contributed by atoms with E-state index in [4.69, 9.17) is 4.74 Å². The molecule has 6 heteroatoms. The van der Waals surface area contributed by atoms with Crippen LogP contribution >= 0.6 is 0 Å². The van der Waals surface area contributed by atoms with Crippen molar-refractivity contribution in [2.24, 2.45) is 0 Å². The minimum Gasteiger partial charge on any atom is -0.484 e. The van der Waals surface area contributed by atoms with Crippen LogP contribution in [-0.4, -0.2) is 32.4 Å². The molecule has 0 saturated carbocycles. The molecule has 30 heavy (non-hydrogen) atoms. The van der Waals surface area contributed by atoms with E-state index in [1.165, 1.54) is 24.3 Å². The highest BCUT2D eigenvalue weighted by Gasteiger charge is 2.10. The number of hydrogen-bond acceptors (Lipinski definition) is 4. The molecule has 0 saturated heterocycles. The van der Waals surface area contributed by atoms with E-state index in [0.717, 1.165) is 11.3 Å². The van der Waals surface area contributed by atoms with E-state index >= 15 is 0 Å². The maximum absolute atomic E-state index is 13.0. The Kier molecular flexibility index (Phi) is 6.80. The summed E-state index contributed by atoms with van der Waals surface area (Å²) in [6.45, 7) is 0.294. The van der Waals surface area contributed by atoms with Crippen molar-refractivity contribution in [1.29, 1.82) is 0 Å². The molecule has 0 spiro atoms. The van der Waals surface area contributed by atoms with Crippen LogP contribution in [0.4, 0.5) is 10.1 Å². The summed E-state index contributed by atoms with van der Waals surface area (Å²) in [5.41, 5.74) is 2.95. The van der Waals surface area contributed by atoms with Crippen LogP contribution < -0.4 is 15.0 Å². The van der Waals surface area contributed by atoms with Gasteiger partial charge in [-0.2, -0.15) is 0 Å². The molecule has 0 heterocycles. The van der Waals surface area contributed by atoms with Crippen LogP contribution in [0.5, 0.6) is 5.75 Å². The van der Waals surface area contributed by atoms with E-state index in [-0.39, 0.29) is 24.1 Å². The maximum atomic E-state index is 13.0. The summed E-state index contributed by atoms with van der Waals surface area (Å²) < 4.78 is 18.5. The molecule has 0 aromatic heterocycles. The van der Waals surface area contributed by atoms with Gasteiger partial charge in [0.25, 0.3) is 5.91 Å². The molecule has 0 atom stereocenters. The Balaban J connectivity index is 1.47. The van der Waals surface area contributed by atoms with E-state index < -0.39 is 0 Å². The highest BCUT2D eigenvalue weighted by Crippen LogP contribution is 2.16. The summed E-state index contributed by atoms with van der Waals surface area (Å²) in [6, 6.07) is 19.8. The normalized spacial score (nSPS) is 10.4. The second-order valence-corrected chi connectivity index (χ2v) is 6.99. The van der Waals surface area contributed by atoms with Crippen molar-refractivity contribution < 1.29 is 18.7 Å². The van der Waals surface area contributed by atoms with Crippen molar-refractivity contribution in [1.82, 2.24) is 5.32 Å². The van der Waals surface area contributed by atoms with Gasteiger partial charge >= 0.3 is 0 Å². The molecule has 154 valence electrons. The zero-order valence-electron chi connectivity index (χ0n) is 16.9. The van der Waals surface area contributed by atoms with Gasteiger partial charge in [-0.25, -0.2) is 4.39 Å². The highest BCUT2D eigenvalue weighted by molar-refractivity contribution is 6.09. The van der Waals surface area contributed by atoms with Crippen LogP contribution in [0.25, 0.3) is 0 Å². The number of amides is 1. The number of ketones is 1. The molecule has 3 aromatic carbocycles. The summed E-state index contributed by atoms with van der Waals surface area (Å²) in [5, 5.41) is 2.81. The summed E-state index contributed by atoms with van der Waals surface area (Å²) in [5.74, 6) is -0.354. The molecule has 3 aromatic rings. The first-order chi connectivity index (χ1) is 14.4. The summed E-state index contributed by atoms with van der Waals surface area (Å²) >= 11 is 0. The maximum Gasteiger partial charge on any atom is 0.258 e. The van der Waals surface area contributed by atoms with Crippen LogP contribution in [0.15, 0.2) is 72.8 Å². The smallest absolute Gasteiger partial charge is 0.258 e. The number of halogens is 1. The topological polar surface area (TPSA) is 58.6 Å². The molecule has 1 N–H and O–H groups in total. The molecular weight excluding hydrogens is 383 g/mol.